The largest absolute Gasteiger partial charge is 0.376 e. The number of methoxy groups -OCH3 is 1. The highest BCUT2D eigenvalue weighted by atomic mass is 16.5. The molecule has 0 saturated carbocycles. The number of rotatable bonds is 3. The van der Waals surface area contributed by atoms with Gasteiger partial charge in [0.15, 0.2) is 0 Å². The first-order chi connectivity index (χ1) is 5.06. The second kappa shape index (κ2) is 2.79. The Morgan fingerprint density at radius 2 is 2.27 bits per heavy atom. The Balaban J connectivity index is 2.23. The third kappa shape index (κ3) is 1.91. The van der Waals surface area contributed by atoms with Gasteiger partial charge >= 0.3 is 0 Å². The highest BCUT2D eigenvalue weighted by Crippen LogP contribution is 2.22. The highest BCUT2D eigenvalue weighted by Gasteiger charge is 2.38. The molecule has 64 valence electrons. The fourth-order valence-electron chi connectivity index (χ4n) is 1.36. The number of primary amides is 1. The van der Waals surface area contributed by atoms with Crippen LogP contribution in [0.1, 0.15) is 6.92 Å². The van der Waals surface area contributed by atoms with E-state index in [4.69, 9.17) is 10.5 Å². The zero-order valence-electron chi connectivity index (χ0n) is 6.96. The molecule has 0 aromatic carbocycles. The van der Waals surface area contributed by atoms with Crippen LogP contribution in [0, 0.1) is 0 Å². The quantitative estimate of drug-likeness (QED) is 0.584. The van der Waals surface area contributed by atoms with Crippen LogP contribution in [0.3, 0.4) is 0 Å². The zero-order valence-corrected chi connectivity index (χ0v) is 6.96. The average Bonchev–Trinajstić information content (AvgIpc) is 1.83. The number of carbonyl (C=O) groups excluding carboxylic acids is 1. The van der Waals surface area contributed by atoms with Crippen molar-refractivity contribution in [2.45, 2.75) is 12.5 Å². The summed E-state index contributed by atoms with van der Waals surface area (Å²) in [6, 6.07) is 0. The van der Waals surface area contributed by atoms with Crippen LogP contribution in [-0.4, -0.2) is 43.2 Å². The number of nitrogens with zero attached hydrogens (tertiary/aromatic N) is 1. The van der Waals surface area contributed by atoms with E-state index in [2.05, 4.69) is 0 Å². The number of ether oxygens (including phenoxy) is 1. The van der Waals surface area contributed by atoms with Gasteiger partial charge in [0, 0.05) is 20.2 Å². The molecule has 11 heavy (non-hydrogen) atoms. The molecule has 1 saturated heterocycles. The van der Waals surface area contributed by atoms with Crippen LogP contribution in [0.4, 0.5) is 0 Å². The van der Waals surface area contributed by atoms with Crippen molar-refractivity contribution in [1.29, 1.82) is 0 Å². The molecule has 0 unspecified atom stereocenters. The third-order valence-electron chi connectivity index (χ3n) is 1.99. The van der Waals surface area contributed by atoms with E-state index < -0.39 is 0 Å². The van der Waals surface area contributed by atoms with Crippen molar-refractivity contribution >= 4 is 5.91 Å². The SMILES string of the molecule is COC1(C)CN(CC(N)=O)C1. The lowest BCUT2D eigenvalue weighted by Crippen LogP contribution is -2.62. The van der Waals surface area contributed by atoms with Crippen LogP contribution < -0.4 is 5.73 Å². The predicted octanol–water partition coefficient (Wildman–Crippen LogP) is -0.808. The first-order valence-corrected chi connectivity index (χ1v) is 3.61. The molecule has 0 atom stereocenters. The maximum atomic E-state index is 10.4. The van der Waals surface area contributed by atoms with Crippen molar-refractivity contribution in [3.63, 3.8) is 0 Å². The molecule has 4 heteroatoms. The number of nitrogens with two attached hydrogens (primary N) is 1. The summed E-state index contributed by atoms with van der Waals surface area (Å²) < 4.78 is 5.19. The highest BCUT2D eigenvalue weighted by molar-refractivity contribution is 5.76. The molecule has 0 radical (unpaired) electrons. The molecule has 1 amide bonds. The fourth-order valence-corrected chi connectivity index (χ4v) is 1.36. The summed E-state index contributed by atoms with van der Waals surface area (Å²) >= 11 is 0. The Morgan fingerprint density at radius 1 is 1.73 bits per heavy atom. The smallest absolute Gasteiger partial charge is 0.231 e. The minimum atomic E-state index is -0.275. The van der Waals surface area contributed by atoms with Gasteiger partial charge in [0.05, 0.1) is 12.1 Å². The van der Waals surface area contributed by atoms with E-state index >= 15 is 0 Å². The molecule has 1 aliphatic rings. The van der Waals surface area contributed by atoms with E-state index in [1.165, 1.54) is 0 Å². The number of likely N-dealkylation sites (tertiary alicyclic amines) is 1. The van der Waals surface area contributed by atoms with Gasteiger partial charge in [-0.2, -0.15) is 0 Å². The molecule has 1 aliphatic heterocycles. The van der Waals surface area contributed by atoms with Gasteiger partial charge in [0.1, 0.15) is 0 Å². The van der Waals surface area contributed by atoms with Crippen LogP contribution in [0.2, 0.25) is 0 Å². The van der Waals surface area contributed by atoms with Crippen LogP contribution >= 0.6 is 0 Å². The first-order valence-electron chi connectivity index (χ1n) is 3.61. The van der Waals surface area contributed by atoms with Crippen molar-refractivity contribution in [2.75, 3.05) is 26.7 Å². The van der Waals surface area contributed by atoms with Crippen molar-refractivity contribution < 1.29 is 9.53 Å². The molecule has 0 aliphatic carbocycles. The molecule has 2 N–H and O–H groups in total. The van der Waals surface area contributed by atoms with Crippen molar-refractivity contribution in [3.05, 3.63) is 0 Å². The molecule has 0 spiro atoms. The van der Waals surface area contributed by atoms with Gasteiger partial charge in [-0.3, -0.25) is 9.69 Å². The lowest BCUT2D eigenvalue weighted by Gasteiger charge is -2.46. The molecule has 0 aromatic rings. The first kappa shape index (κ1) is 8.49. The molecule has 1 rings (SSSR count). The molecule has 4 nitrogen and oxygen atoms in total. The predicted molar refractivity (Wildman–Crippen MR) is 41.0 cm³/mol. The second-order valence-corrected chi connectivity index (χ2v) is 3.27. The normalized spacial score (nSPS) is 22.7. The summed E-state index contributed by atoms with van der Waals surface area (Å²) in [7, 11) is 1.68. The van der Waals surface area contributed by atoms with Gasteiger partial charge in [-0.05, 0) is 6.92 Å². The summed E-state index contributed by atoms with van der Waals surface area (Å²) in [6.45, 7) is 3.96. The summed E-state index contributed by atoms with van der Waals surface area (Å²) in [4.78, 5) is 12.4. The van der Waals surface area contributed by atoms with Gasteiger partial charge < -0.3 is 10.5 Å². The van der Waals surface area contributed by atoms with E-state index in [0.717, 1.165) is 13.1 Å². The standard InChI is InChI=1S/C7H14N2O2/c1-7(11-2)4-9(5-7)3-6(8)10/h3-5H2,1-2H3,(H2,8,10). The topological polar surface area (TPSA) is 55.6 Å². The lowest BCUT2D eigenvalue weighted by atomic mass is 9.97. The summed E-state index contributed by atoms with van der Waals surface area (Å²) in [5.74, 6) is -0.275. The summed E-state index contributed by atoms with van der Waals surface area (Å²) in [5.41, 5.74) is 4.95. The maximum Gasteiger partial charge on any atom is 0.231 e. The average molecular weight is 158 g/mol. The number of amides is 1. The van der Waals surface area contributed by atoms with E-state index in [-0.39, 0.29) is 11.5 Å². The van der Waals surface area contributed by atoms with Crippen LogP contribution in [-0.2, 0) is 9.53 Å². The second-order valence-electron chi connectivity index (χ2n) is 3.27. The van der Waals surface area contributed by atoms with Gasteiger partial charge in [0.2, 0.25) is 5.91 Å². The van der Waals surface area contributed by atoms with Gasteiger partial charge in [-0.25, -0.2) is 0 Å². The summed E-state index contributed by atoms with van der Waals surface area (Å²) in [6.07, 6.45) is 0. The zero-order chi connectivity index (χ0) is 8.48. The summed E-state index contributed by atoms with van der Waals surface area (Å²) in [5, 5.41) is 0. The Kier molecular flexibility index (Phi) is 2.15. The third-order valence-corrected chi connectivity index (χ3v) is 1.99. The van der Waals surface area contributed by atoms with E-state index in [0.29, 0.717) is 6.54 Å². The minimum absolute atomic E-state index is 0.0601. The Morgan fingerprint density at radius 3 is 2.64 bits per heavy atom. The van der Waals surface area contributed by atoms with Crippen LogP contribution in [0.5, 0.6) is 0 Å². The molecular weight excluding hydrogens is 144 g/mol. The van der Waals surface area contributed by atoms with Crippen LogP contribution in [0.15, 0.2) is 0 Å². The Bertz CT molecular complexity index is 164. The van der Waals surface area contributed by atoms with Crippen molar-refractivity contribution in [2.24, 2.45) is 5.73 Å². The number of hydrogen-bond donors (Lipinski definition) is 1. The van der Waals surface area contributed by atoms with E-state index in [1.54, 1.807) is 7.11 Å². The molecule has 0 bridgehead atoms. The number of carbonyl (C=O) groups is 1. The van der Waals surface area contributed by atoms with Gasteiger partial charge in [0.25, 0.3) is 0 Å². The van der Waals surface area contributed by atoms with Crippen LogP contribution in [0.25, 0.3) is 0 Å². The van der Waals surface area contributed by atoms with E-state index in [1.807, 2.05) is 11.8 Å². The molecule has 0 aromatic heterocycles. The minimum Gasteiger partial charge on any atom is -0.376 e. The van der Waals surface area contributed by atoms with E-state index in [9.17, 15) is 4.79 Å². The number of hydrogen-bond acceptors (Lipinski definition) is 3. The molecule has 1 heterocycles. The molecule has 1 fully saturated rings. The maximum absolute atomic E-state index is 10.4. The lowest BCUT2D eigenvalue weighted by molar-refractivity contribution is -0.132. The molecular formula is C7H14N2O2. The fraction of sp³-hybridized carbons (Fsp3) is 0.857. The Labute approximate surface area is 66.3 Å². The van der Waals surface area contributed by atoms with Crippen molar-refractivity contribution in [1.82, 2.24) is 4.90 Å². The van der Waals surface area contributed by atoms with Gasteiger partial charge in [-0.15, -0.1) is 0 Å². The Hall–Kier alpha value is -0.610. The monoisotopic (exact) mass is 158 g/mol. The van der Waals surface area contributed by atoms with Crippen molar-refractivity contribution in [3.8, 4) is 0 Å². The van der Waals surface area contributed by atoms with Gasteiger partial charge in [-0.1, -0.05) is 0 Å².